The summed E-state index contributed by atoms with van der Waals surface area (Å²) in [6, 6.07) is 6.03. The highest BCUT2D eigenvalue weighted by atomic mass is 31.2. The van der Waals surface area contributed by atoms with Crippen molar-refractivity contribution in [2.75, 3.05) is 6.16 Å². The third-order valence-corrected chi connectivity index (χ3v) is 7.27. The van der Waals surface area contributed by atoms with Gasteiger partial charge in [0.15, 0.2) is 0 Å². The van der Waals surface area contributed by atoms with Crippen LogP contribution in [0.3, 0.4) is 0 Å². The second-order valence-corrected chi connectivity index (χ2v) is 10.5. The van der Waals surface area contributed by atoms with Crippen LogP contribution in [0.2, 0.25) is 0 Å². The van der Waals surface area contributed by atoms with E-state index in [4.69, 9.17) is 10.8 Å². The molecule has 13 heteroatoms. The molecule has 0 saturated heterocycles. The summed E-state index contributed by atoms with van der Waals surface area (Å²) < 4.78 is 13.3. The molecule has 12 nitrogen and oxygen atoms in total. The molecule has 1 rings (SSSR count). The highest BCUT2D eigenvalue weighted by Gasteiger charge is 2.37. The zero-order valence-electron chi connectivity index (χ0n) is 19.2. The molecule has 0 fully saturated rings. The number of carboxylic acids is 1. The van der Waals surface area contributed by atoms with Crippen LogP contribution in [-0.2, 0) is 35.0 Å². The number of nitrogens with one attached hydrogen (secondary N) is 3. The lowest BCUT2D eigenvalue weighted by atomic mass is 10.1. The maximum Gasteiger partial charge on any atom is 0.305 e. The van der Waals surface area contributed by atoms with Crippen molar-refractivity contribution in [3.8, 4) is 0 Å². The Balaban J connectivity index is 3.13. The Hall–Kier alpha value is -3.24. The topological polar surface area (TPSA) is 205 Å². The number of nitrogens with two attached hydrogens (primary N) is 1. The summed E-state index contributed by atoms with van der Waals surface area (Å²) in [6.07, 6.45) is -1.36. The molecule has 4 amide bonds. The standard InChI is InChI=1S/C21H31N4O8P/c1-12(20(30)23-13(2)19(22)29)11-34(32,33)17(9-15-7-5-4-6-8-15)25-21(31)16(10-18(27)28)24-14(3)26/h4-8,12-13,16-17H,9-11H2,1-3H3,(H2,22,29)(H,23,30)(H,24,26)(H,25,31)(H,27,28)(H,32,33)/t12-,13+,16+,17-/m1/s1. The van der Waals surface area contributed by atoms with E-state index in [1.54, 1.807) is 30.3 Å². The second kappa shape index (κ2) is 12.9. The minimum Gasteiger partial charge on any atom is -0.481 e. The monoisotopic (exact) mass is 498 g/mol. The third-order valence-electron chi connectivity index (χ3n) is 4.91. The first kappa shape index (κ1) is 28.8. The minimum atomic E-state index is -4.28. The Morgan fingerprint density at radius 3 is 2.09 bits per heavy atom. The Labute approximate surface area is 197 Å². The van der Waals surface area contributed by atoms with Crippen molar-refractivity contribution in [3.05, 3.63) is 35.9 Å². The number of carbonyl (C=O) groups excluding carboxylic acids is 4. The van der Waals surface area contributed by atoms with Gasteiger partial charge in [-0.2, -0.15) is 0 Å². The van der Waals surface area contributed by atoms with Gasteiger partial charge in [-0.1, -0.05) is 37.3 Å². The first-order chi connectivity index (χ1) is 15.7. The van der Waals surface area contributed by atoms with Gasteiger partial charge in [0.25, 0.3) is 0 Å². The summed E-state index contributed by atoms with van der Waals surface area (Å²) in [5.41, 5.74) is 5.73. The summed E-state index contributed by atoms with van der Waals surface area (Å²) in [5.74, 6) is -6.80. The van der Waals surface area contributed by atoms with Crippen LogP contribution in [0, 0.1) is 5.92 Å². The molecule has 1 unspecified atom stereocenters. The van der Waals surface area contributed by atoms with Crippen LogP contribution in [0.1, 0.15) is 32.8 Å². The fourth-order valence-corrected chi connectivity index (χ4v) is 5.09. The van der Waals surface area contributed by atoms with E-state index >= 15 is 0 Å². The lowest BCUT2D eigenvalue weighted by molar-refractivity contribution is -0.140. The smallest absolute Gasteiger partial charge is 0.305 e. The van der Waals surface area contributed by atoms with Crippen LogP contribution < -0.4 is 21.7 Å². The fourth-order valence-electron chi connectivity index (χ4n) is 3.06. The predicted molar refractivity (Wildman–Crippen MR) is 123 cm³/mol. The Bertz CT molecular complexity index is 939. The van der Waals surface area contributed by atoms with Gasteiger partial charge in [0, 0.05) is 25.4 Å². The number of hydrogen-bond donors (Lipinski definition) is 6. The summed E-state index contributed by atoms with van der Waals surface area (Å²) in [5, 5.41) is 16.0. The molecule has 0 aromatic heterocycles. The molecular weight excluding hydrogens is 467 g/mol. The molecule has 0 bridgehead atoms. The number of aliphatic carboxylic acids is 1. The molecule has 0 heterocycles. The van der Waals surface area contributed by atoms with E-state index in [2.05, 4.69) is 16.0 Å². The highest BCUT2D eigenvalue weighted by molar-refractivity contribution is 7.58. The molecule has 0 saturated carbocycles. The van der Waals surface area contributed by atoms with E-state index in [-0.39, 0.29) is 6.42 Å². The predicted octanol–water partition coefficient (Wildman–Crippen LogP) is -0.453. The van der Waals surface area contributed by atoms with Crippen molar-refractivity contribution in [1.82, 2.24) is 16.0 Å². The Morgan fingerprint density at radius 1 is 1.00 bits per heavy atom. The van der Waals surface area contributed by atoms with Crippen LogP contribution in [0.15, 0.2) is 30.3 Å². The van der Waals surface area contributed by atoms with Gasteiger partial charge in [-0.3, -0.25) is 28.5 Å². The van der Waals surface area contributed by atoms with Gasteiger partial charge in [-0.25, -0.2) is 0 Å². The molecule has 34 heavy (non-hydrogen) atoms. The summed E-state index contributed by atoms with van der Waals surface area (Å²) in [6.45, 7) is 3.86. The van der Waals surface area contributed by atoms with E-state index in [0.717, 1.165) is 6.92 Å². The first-order valence-electron chi connectivity index (χ1n) is 10.5. The normalized spacial score (nSPS) is 16.1. The maximum atomic E-state index is 13.3. The van der Waals surface area contributed by atoms with Crippen LogP contribution in [-0.4, -0.2) is 63.6 Å². The van der Waals surface area contributed by atoms with Gasteiger partial charge in [-0.15, -0.1) is 0 Å². The number of primary amides is 1. The third kappa shape index (κ3) is 9.72. The maximum absolute atomic E-state index is 13.3. The van der Waals surface area contributed by atoms with Crippen molar-refractivity contribution in [2.24, 2.45) is 11.7 Å². The molecule has 0 spiro atoms. The molecule has 0 aliphatic carbocycles. The lowest BCUT2D eigenvalue weighted by Crippen LogP contribution is -2.51. The minimum absolute atomic E-state index is 0.0910. The molecule has 0 aliphatic rings. The van der Waals surface area contributed by atoms with Crippen molar-refractivity contribution in [2.45, 2.75) is 51.5 Å². The van der Waals surface area contributed by atoms with Crippen LogP contribution in [0.25, 0.3) is 0 Å². The van der Waals surface area contributed by atoms with E-state index < -0.39 is 73.3 Å². The molecule has 0 aliphatic heterocycles. The Morgan fingerprint density at radius 2 is 1.59 bits per heavy atom. The number of carbonyl (C=O) groups is 5. The molecule has 1 aromatic rings. The Kier molecular flexibility index (Phi) is 10.9. The second-order valence-electron chi connectivity index (χ2n) is 8.04. The number of carboxylic acid groups (broad SMARTS) is 1. The van der Waals surface area contributed by atoms with Crippen LogP contribution >= 0.6 is 7.37 Å². The van der Waals surface area contributed by atoms with E-state index in [1.165, 1.54) is 13.8 Å². The summed E-state index contributed by atoms with van der Waals surface area (Å²) in [7, 11) is -4.28. The van der Waals surface area contributed by atoms with Gasteiger partial charge in [0.2, 0.25) is 31.0 Å². The lowest BCUT2D eigenvalue weighted by Gasteiger charge is -2.28. The van der Waals surface area contributed by atoms with Gasteiger partial charge >= 0.3 is 5.97 Å². The van der Waals surface area contributed by atoms with Crippen molar-refractivity contribution >= 4 is 37.0 Å². The zero-order valence-corrected chi connectivity index (χ0v) is 20.1. The summed E-state index contributed by atoms with van der Waals surface area (Å²) in [4.78, 5) is 69.6. The van der Waals surface area contributed by atoms with E-state index in [9.17, 15) is 33.4 Å². The number of rotatable bonds is 13. The van der Waals surface area contributed by atoms with Crippen molar-refractivity contribution in [3.63, 3.8) is 0 Å². The average Bonchev–Trinajstić information content (AvgIpc) is 2.72. The number of hydrogen-bond acceptors (Lipinski definition) is 6. The number of amides is 4. The average molecular weight is 498 g/mol. The van der Waals surface area contributed by atoms with Crippen LogP contribution in [0.5, 0.6) is 0 Å². The molecule has 188 valence electrons. The van der Waals surface area contributed by atoms with Gasteiger partial charge in [0.05, 0.1) is 6.42 Å². The first-order valence-corrected chi connectivity index (χ1v) is 12.4. The van der Waals surface area contributed by atoms with E-state index in [0.29, 0.717) is 5.56 Å². The van der Waals surface area contributed by atoms with Crippen molar-refractivity contribution < 1.29 is 38.5 Å². The largest absolute Gasteiger partial charge is 0.481 e. The zero-order chi connectivity index (χ0) is 26.1. The van der Waals surface area contributed by atoms with E-state index in [1.807, 2.05) is 0 Å². The van der Waals surface area contributed by atoms with Gasteiger partial charge in [0.1, 0.15) is 17.9 Å². The SMILES string of the molecule is CC(=O)N[C@@H](CC(=O)O)C(=O)N[C@@H](Cc1ccccc1)P(=O)(O)C[C@@H](C)C(=O)N[C@@H](C)C(N)=O. The number of benzene rings is 1. The van der Waals surface area contributed by atoms with Gasteiger partial charge < -0.3 is 31.7 Å². The molecule has 0 radical (unpaired) electrons. The molecule has 1 aromatic carbocycles. The van der Waals surface area contributed by atoms with Gasteiger partial charge in [-0.05, 0) is 12.5 Å². The van der Waals surface area contributed by atoms with Crippen LogP contribution in [0.4, 0.5) is 0 Å². The molecular formula is C21H31N4O8P. The highest BCUT2D eigenvalue weighted by Crippen LogP contribution is 2.48. The molecule has 5 atom stereocenters. The molecule has 7 N–H and O–H groups in total. The summed E-state index contributed by atoms with van der Waals surface area (Å²) >= 11 is 0. The quantitative estimate of drug-likeness (QED) is 0.196. The van der Waals surface area contributed by atoms with Crippen molar-refractivity contribution in [1.29, 1.82) is 0 Å². The fraction of sp³-hybridized carbons (Fsp3) is 0.476.